The molecule has 7 heteroatoms. The summed E-state index contributed by atoms with van der Waals surface area (Å²) in [5.74, 6) is 0.864. The van der Waals surface area contributed by atoms with Crippen molar-refractivity contribution < 1.29 is 17.9 Å². The highest BCUT2D eigenvalue weighted by atomic mass is 32.2. The minimum absolute atomic E-state index is 0.111. The fraction of sp³-hybridized carbons (Fsp3) is 0.500. The van der Waals surface area contributed by atoms with Crippen LogP contribution in [0.25, 0.3) is 0 Å². The number of nitrogens with zero attached hydrogens (tertiary/aromatic N) is 1. The van der Waals surface area contributed by atoms with E-state index >= 15 is 0 Å². The Morgan fingerprint density at radius 1 is 1.41 bits per heavy atom. The Morgan fingerprint density at radius 2 is 2.12 bits per heavy atom. The average Bonchev–Trinajstić information content (AvgIpc) is 2.32. The summed E-state index contributed by atoms with van der Waals surface area (Å²) in [6.07, 6.45) is 0. The van der Waals surface area contributed by atoms with Crippen LogP contribution in [0.2, 0.25) is 0 Å². The van der Waals surface area contributed by atoms with Gasteiger partial charge in [0.15, 0.2) is 20.6 Å². The second-order valence-electron chi connectivity index (χ2n) is 3.78. The maximum absolute atomic E-state index is 12.2. The summed E-state index contributed by atoms with van der Waals surface area (Å²) in [6.45, 7) is 1.98. The summed E-state index contributed by atoms with van der Waals surface area (Å²) in [5.41, 5.74) is 0. The lowest BCUT2D eigenvalue weighted by molar-refractivity contribution is 0.375. The van der Waals surface area contributed by atoms with Crippen molar-refractivity contribution in [3.8, 4) is 11.6 Å². The standard InChI is InChI=1S/C10H14N2O4S/c1-6-5-11-10-9(17(6,13)14)7(15-2)4-8(12-10)16-3/h4,6H,5H2,1-3H3,(H,11,12). The van der Waals surface area contributed by atoms with Crippen LogP contribution < -0.4 is 14.8 Å². The number of aromatic nitrogens is 1. The predicted octanol–water partition coefficient (Wildman–Crippen LogP) is 0.686. The number of sulfone groups is 1. The van der Waals surface area contributed by atoms with Crippen LogP contribution in [0.3, 0.4) is 0 Å². The molecule has 1 aromatic heterocycles. The number of hydrogen-bond donors (Lipinski definition) is 1. The molecule has 1 aliphatic rings. The summed E-state index contributed by atoms with van der Waals surface area (Å²) in [5, 5.41) is 2.47. The van der Waals surface area contributed by atoms with Gasteiger partial charge in [-0.2, -0.15) is 4.98 Å². The van der Waals surface area contributed by atoms with Gasteiger partial charge in [0.05, 0.1) is 19.5 Å². The zero-order valence-corrected chi connectivity index (χ0v) is 10.7. The van der Waals surface area contributed by atoms with Gasteiger partial charge in [0.2, 0.25) is 5.88 Å². The third kappa shape index (κ3) is 1.80. The monoisotopic (exact) mass is 258 g/mol. The van der Waals surface area contributed by atoms with Crippen LogP contribution in [-0.2, 0) is 9.84 Å². The van der Waals surface area contributed by atoms with Crippen LogP contribution in [0.1, 0.15) is 6.92 Å². The van der Waals surface area contributed by atoms with Crippen LogP contribution in [0.5, 0.6) is 11.6 Å². The maximum Gasteiger partial charge on any atom is 0.218 e. The predicted molar refractivity (Wildman–Crippen MR) is 62.5 cm³/mol. The first-order chi connectivity index (χ1) is 8.00. The Bertz CT molecular complexity index is 524. The topological polar surface area (TPSA) is 77.5 Å². The van der Waals surface area contributed by atoms with Gasteiger partial charge in [0.25, 0.3) is 0 Å². The second kappa shape index (κ2) is 4.06. The number of rotatable bonds is 2. The summed E-state index contributed by atoms with van der Waals surface area (Å²) in [4.78, 5) is 4.19. The number of fused-ring (bicyclic) bond motifs is 1. The molecule has 0 amide bonds. The first kappa shape index (κ1) is 12.0. The van der Waals surface area contributed by atoms with Crippen LogP contribution in [-0.4, -0.2) is 39.4 Å². The number of methoxy groups -OCH3 is 2. The Hall–Kier alpha value is -1.50. The van der Waals surface area contributed by atoms with E-state index < -0.39 is 15.1 Å². The fourth-order valence-corrected chi connectivity index (χ4v) is 3.20. The molecule has 1 unspecified atom stereocenters. The van der Waals surface area contributed by atoms with Crippen molar-refractivity contribution in [1.29, 1.82) is 0 Å². The maximum atomic E-state index is 12.2. The van der Waals surface area contributed by atoms with Crippen molar-refractivity contribution in [1.82, 2.24) is 4.98 Å². The lowest BCUT2D eigenvalue weighted by Gasteiger charge is -2.24. The van der Waals surface area contributed by atoms with E-state index in [-0.39, 0.29) is 10.6 Å². The van der Waals surface area contributed by atoms with Gasteiger partial charge in [0, 0.05) is 12.6 Å². The molecule has 0 aliphatic carbocycles. The van der Waals surface area contributed by atoms with Crippen molar-refractivity contribution in [3.05, 3.63) is 6.07 Å². The molecule has 0 spiro atoms. The van der Waals surface area contributed by atoms with E-state index in [2.05, 4.69) is 10.3 Å². The molecule has 2 rings (SSSR count). The average molecular weight is 258 g/mol. The molecular weight excluding hydrogens is 244 g/mol. The Balaban J connectivity index is 2.71. The zero-order chi connectivity index (χ0) is 12.6. The molecule has 1 aliphatic heterocycles. The normalized spacial score (nSPS) is 21.2. The van der Waals surface area contributed by atoms with Gasteiger partial charge in [-0.3, -0.25) is 0 Å². The number of anilines is 1. The number of nitrogens with one attached hydrogen (secondary N) is 1. The SMILES string of the molecule is COc1cc(OC)c2c(n1)NCC(C)S2(=O)=O. The molecule has 17 heavy (non-hydrogen) atoms. The molecule has 1 atom stereocenters. The molecule has 1 aromatic rings. The van der Waals surface area contributed by atoms with Crippen molar-refractivity contribution in [2.24, 2.45) is 0 Å². The highest BCUT2D eigenvalue weighted by Crippen LogP contribution is 2.37. The largest absolute Gasteiger partial charge is 0.495 e. The number of pyridine rings is 1. The van der Waals surface area contributed by atoms with Crippen LogP contribution in [0.15, 0.2) is 11.0 Å². The van der Waals surface area contributed by atoms with Crippen molar-refractivity contribution in [3.63, 3.8) is 0 Å². The zero-order valence-electron chi connectivity index (χ0n) is 9.85. The molecule has 94 valence electrons. The van der Waals surface area contributed by atoms with E-state index in [1.54, 1.807) is 6.92 Å². The minimum Gasteiger partial charge on any atom is -0.495 e. The van der Waals surface area contributed by atoms with E-state index in [1.165, 1.54) is 20.3 Å². The number of ether oxygens (including phenoxy) is 2. The first-order valence-electron chi connectivity index (χ1n) is 5.11. The van der Waals surface area contributed by atoms with Gasteiger partial charge in [-0.15, -0.1) is 0 Å². The van der Waals surface area contributed by atoms with Gasteiger partial charge >= 0.3 is 0 Å². The quantitative estimate of drug-likeness (QED) is 0.840. The molecule has 6 nitrogen and oxygen atoms in total. The highest BCUT2D eigenvalue weighted by Gasteiger charge is 2.35. The Morgan fingerprint density at radius 3 is 2.71 bits per heavy atom. The molecule has 0 aromatic carbocycles. The van der Waals surface area contributed by atoms with E-state index in [0.29, 0.717) is 18.2 Å². The molecule has 0 radical (unpaired) electrons. The second-order valence-corrected chi connectivity index (χ2v) is 6.08. The minimum atomic E-state index is -3.39. The lowest BCUT2D eigenvalue weighted by atomic mass is 10.3. The third-order valence-electron chi connectivity index (χ3n) is 2.72. The Labute approximate surface area is 99.9 Å². The van der Waals surface area contributed by atoms with Gasteiger partial charge in [0.1, 0.15) is 5.75 Å². The molecular formula is C10H14N2O4S. The van der Waals surface area contributed by atoms with Gasteiger partial charge in [-0.05, 0) is 6.92 Å². The fourth-order valence-electron chi connectivity index (χ4n) is 1.69. The lowest BCUT2D eigenvalue weighted by Crippen LogP contribution is -2.32. The summed E-state index contributed by atoms with van der Waals surface area (Å²) >= 11 is 0. The van der Waals surface area contributed by atoms with Gasteiger partial charge in [-0.1, -0.05) is 0 Å². The van der Waals surface area contributed by atoms with E-state index in [4.69, 9.17) is 9.47 Å². The van der Waals surface area contributed by atoms with Crippen molar-refractivity contribution in [2.75, 3.05) is 26.1 Å². The van der Waals surface area contributed by atoms with Crippen LogP contribution in [0, 0.1) is 0 Å². The molecule has 0 fully saturated rings. The van der Waals surface area contributed by atoms with Crippen molar-refractivity contribution >= 4 is 15.7 Å². The Kier molecular flexibility index (Phi) is 2.86. The summed E-state index contributed by atoms with van der Waals surface area (Å²) in [6, 6.07) is 1.47. The number of hydrogen-bond acceptors (Lipinski definition) is 6. The third-order valence-corrected chi connectivity index (χ3v) is 4.91. The molecule has 0 saturated carbocycles. The highest BCUT2D eigenvalue weighted by molar-refractivity contribution is 7.92. The first-order valence-corrected chi connectivity index (χ1v) is 6.66. The summed E-state index contributed by atoms with van der Waals surface area (Å²) < 4.78 is 34.5. The molecule has 1 N–H and O–H groups in total. The van der Waals surface area contributed by atoms with Crippen molar-refractivity contribution in [2.45, 2.75) is 17.1 Å². The van der Waals surface area contributed by atoms with Gasteiger partial charge < -0.3 is 14.8 Å². The smallest absolute Gasteiger partial charge is 0.218 e. The van der Waals surface area contributed by atoms with Crippen LogP contribution >= 0.6 is 0 Å². The molecule has 0 saturated heterocycles. The van der Waals surface area contributed by atoms with E-state index in [0.717, 1.165) is 0 Å². The van der Waals surface area contributed by atoms with E-state index in [1.807, 2.05) is 0 Å². The van der Waals surface area contributed by atoms with E-state index in [9.17, 15) is 8.42 Å². The van der Waals surface area contributed by atoms with Gasteiger partial charge in [-0.25, -0.2) is 8.42 Å². The van der Waals surface area contributed by atoms with Crippen LogP contribution in [0.4, 0.5) is 5.82 Å². The summed E-state index contributed by atoms with van der Waals surface area (Å²) in [7, 11) is -0.507. The molecule has 2 heterocycles. The molecule has 0 bridgehead atoms.